The zero-order chi connectivity index (χ0) is 10.7. The summed E-state index contributed by atoms with van der Waals surface area (Å²) in [5.74, 6) is -0.779. The van der Waals surface area contributed by atoms with Crippen LogP contribution >= 0.6 is 12.4 Å². The van der Waals surface area contributed by atoms with Gasteiger partial charge >= 0.3 is 5.97 Å². The normalized spacial score (nSPS) is 14.2. The Kier molecular flexibility index (Phi) is 4.77. The third-order valence-corrected chi connectivity index (χ3v) is 2.55. The fraction of sp³-hybridized carbons (Fsp3) is 0.417. The van der Waals surface area contributed by atoms with Crippen molar-refractivity contribution in [2.45, 2.75) is 31.8 Å². The molecule has 0 heterocycles. The van der Waals surface area contributed by atoms with Crippen LogP contribution in [0.1, 0.15) is 24.0 Å². The van der Waals surface area contributed by atoms with E-state index in [1.165, 1.54) is 18.4 Å². The van der Waals surface area contributed by atoms with Gasteiger partial charge in [0.05, 0.1) is 6.42 Å². The van der Waals surface area contributed by atoms with Crippen molar-refractivity contribution in [3.05, 3.63) is 35.4 Å². The number of carbonyl (C=O) groups is 1. The van der Waals surface area contributed by atoms with Crippen LogP contribution in [0.4, 0.5) is 0 Å². The monoisotopic (exact) mass is 241 g/mol. The molecule has 0 bridgehead atoms. The van der Waals surface area contributed by atoms with Crippen molar-refractivity contribution in [1.82, 2.24) is 5.32 Å². The molecule has 0 saturated heterocycles. The Bertz CT molecular complexity index is 347. The van der Waals surface area contributed by atoms with E-state index >= 15 is 0 Å². The summed E-state index contributed by atoms with van der Waals surface area (Å²) in [6, 6.07) is 8.47. The van der Waals surface area contributed by atoms with Gasteiger partial charge in [0.2, 0.25) is 0 Å². The molecule has 1 aliphatic rings. The Hall–Kier alpha value is -1.06. The molecule has 0 aromatic heterocycles. The largest absolute Gasteiger partial charge is 0.481 e. The molecular formula is C12H16ClNO2. The SMILES string of the molecule is Cl.O=C(O)Cc1ccc(CNC2CC2)cc1. The maximum atomic E-state index is 10.5. The first-order valence-corrected chi connectivity index (χ1v) is 5.27. The summed E-state index contributed by atoms with van der Waals surface area (Å²) in [5.41, 5.74) is 2.08. The standard InChI is InChI=1S/C12H15NO2.ClH/c14-12(15)7-9-1-3-10(4-2-9)8-13-11-5-6-11;/h1-4,11,13H,5-8H2,(H,14,15);1H. The van der Waals surface area contributed by atoms with Gasteiger partial charge in [-0.2, -0.15) is 0 Å². The van der Waals surface area contributed by atoms with Crippen LogP contribution in [-0.2, 0) is 17.8 Å². The average molecular weight is 242 g/mol. The Morgan fingerprint density at radius 1 is 1.25 bits per heavy atom. The van der Waals surface area contributed by atoms with Gasteiger partial charge in [-0.1, -0.05) is 24.3 Å². The maximum Gasteiger partial charge on any atom is 0.307 e. The molecule has 16 heavy (non-hydrogen) atoms. The molecule has 0 atom stereocenters. The zero-order valence-electron chi connectivity index (χ0n) is 8.98. The van der Waals surface area contributed by atoms with Crippen LogP contribution in [-0.4, -0.2) is 17.1 Å². The van der Waals surface area contributed by atoms with Crippen LogP contribution in [0, 0.1) is 0 Å². The van der Waals surface area contributed by atoms with Gasteiger partial charge in [0.15, 0.2) is 0 Å². The lowest BCUT2D eigenvalue weighted by Gasteiger charge is -2.03. The van der Waals surface area contributed by atoms with Crippen molar-refractivity contribution < 1.29 is 9.90 Å². The van der Waals surface area contributed by atoms with Crippen molar-refractivity contribution in [2.24, 2.45) is 0 Å². The molecule has 0 radical (unpaired) electrons. The number of halogens is 1. The molecule has 1 fully saturated rings. The van der Waals surface area contributed by atoms with Crippen LogP contribution in [0.15, 0.2) is 24.3 Å². The van der Waals surface area contributed by atoms with Gasteiger partial charge in [-0.15, -0.1) is 12.4 Å². The first-order chi connectivity index (χ1) is 7.24. The molecule has 1 aliphatic carbocycles. The molecule has 4 heteroatoms. The minimum atomic E-state index is -0.779. The van der Waals surface area contributed by atoms with E-state index in [4.69, 9.17) is 5.11 Å². The van der Waals surface area contributed by atoms with Gasteiger partial charge in [0.1, 0.15) is 0 Å². The van der Waals surface area contributed by atoms with E-state index in [0.717, 1.165) is 12.1 Å². The smallest absolute Gasteiger partial charge is 0.307 e. The highest BCUT2D eigenvalue weighted by atomic mass is 35.5. The molecule has 0 spiro atoms. The number of carboxylic acids is 1. The van der Waals surface area contributed by atoms with E-state index in [1.54, 1.807) is 0 Å². The molecular weight excluding hydrogens is 226 g/mol. The van der Waals surface area contributed by atoms with Gasteiger partial charge in [-0.05, 0) is 24.0 Å². The van der Waals surface area contributed by atoms with Crippen molar-refractivity contribution in [3.8, 4) is 0 Å². The fourth-order valence-electron chi connectivity index (χ4n) is 1.50. The topological polar surface area (TPSA) is 49.3 Å². The molecule has 1 saturated carbocycles. The number of hydrogen-bond donors (Lipinski definition) is 2. The summed E-state index contributed by atoms with van der Waals surface area (Å²) >= 11 is 0. The van der Waals surface area contributed by atoms with Crippen molar-refractivity contribution in [3.63, 3.8) is 0 Å². The number of rotatable bonds is 5. The first kappa shape index (κ1) is 13.0. The van der Waals surface area contributed by atoms with Crippen LogP contribution in [0.25, 0.3) is 0 Å². The Labute approximate surface area is 101 Å². The van der Waals surface area contributed by atoms with Gasteiger partial charge in [-0.3, -0.25) is 4.79 Å². The van der Waals surface area contributed by atoms with E-state index < -0.39 is 5.97 Å². The molecule has 1 aromatic rings. The number of carboxylic acid groups (broad SMARTS) is 1. The van der Waals surface area contributed by atoms with E-state index in [0.29, 0.717) is 6.04 Å². The van der Waals surface area contributed by atoms with E-state index in [-0.39, 0.29) is 18.8 Å². The Morgan fingerprint density at radius 2 is 1.81 bits per heavy atom. The summed E-state index contributed by atoms with van der Waals surface area (Å²) in [4.78, 5) is 10.5. The quantitative estimate of drug-likeness (QED) is 0.829. The van der Waals surface area contributed by atoms with Crippen LogP contribution < -0.4 is 5.32 Å². The molecule has 88 valence electrons. The van der Waals surface area contributed by atoms with Crippen LogP contribution in [0.3, 0.4) is 0 Å². The molecule has 3 nitrogen and oxygen atoms in total. The highest BCUT2D eigenvalue weighted by Crippen LogP contribution is 2.19. The molecule has 0 aliphatic heterocycles. The predicted octanol–water partition coefficient (Wildman–Crippen LogP) is 1.99. The molecule has 0 amide bonds. The highest BCUT2D eigenvalue weighted by molar-refractivity contribution is 5.85. The number of nitrogens with one attached hydrogen (secondary N) is 1. The highest BCUT2D eigenvalue weighted by Gasteiger charge is 2.19. The van der Waals surface area contributed by atoms with E-state index in [1.807, 2.05) is 24.3 Å². The third kappa shape index (κ3) is 4.21. The van der Waals surface area contributed by atoms with Crippen LogP contribution in [0.2, 0.25) is 0 Å². The number of benzene rings is 1. The van der Waals surface area contributed by atoms with Gasteiger partial charge in [-0.25, -0.2) is 0 Å². The van der Waals surface area contributed by atoms with Crippen molar-refractivity contribution in [1.29, 1.82) is 0 Å². The molecule has 2 rings (SSSR count). The zero-order valence-corrected chi connectivity index (χ0v) is 9.80. The van der Waals surface area contributed by atoms with Crippen molar-refractivity contribution in [2.75, 3.05) is 0 Å². The van der Waals surface area contributed by atoms with Gasteiger partial charge in [0.25, 0.3) is 0 Å². The second-order valence-corrected chi connectivity index (χ2v) is 4.04. The summed E-state index contributed by atoms with van der Waals surface area (Å²) in [6.07, 6.45) is 2.69. The van der Waals surface area contributed by atoms with Gasteiger partial charge < -0.3 is 10.4 Å². The summed E-state index contributed by atoms with van der Waals surface area (Å²) < 4.78 is 0. The lowest BCUT2D eigenvalue weighted by atomic mass is 10.1. The van der Waals surface area contributed by atoms with E-state index in [2.05, 4.69) is 5.32 Å². The molecule has 2 N–H and O–H groups in total. The third-order valence-electron chi connectivity index (χ3n) is 2.55. The number of hydrogen-bond acceptors (Lipinski definition) is 2. The van der Waals surface area contributed by atoms with Gasteiger partial charge in [0, 0.05) is 12.6 Å². The predicted molar refractivity (Wildman–Crippen MR) is 64.9 cm³/mol. The summed E-state index contributed by atoms with van der Waals surface area (Å²) in [7, 11) is 0. The lowest BCUT2D eigenvalue weighted by Crippen LogP contribution is -2.15. The first-order valence-electron chi connectivity index (χ1n) is 5.27. The summed E-state index contributed by atoms with van der Waals surface area (Å²) in [6.45, 7) is 0.887. The minimum Gasteiger partial charge on any atom is -0.481 e. The lowest BCUT2D eigenvalue weighted by molar-refractivity contribution is -0.136. The Morgan fingerprint density at radius 3 is 2.31 bits per heavy atom. The van der Waals surface area contributed by atoms with Crippen molar-refractivity contribution >= 4 is 18.4 Å². The average Bonchev–Trinajstić information content (AvgIpc) is 2.99. The fourth-order valence-corrected chi connectivity index (χ4v) is 1.50. The van der Waals surface area contributed by atoms with E-state index in [9.17, 15) is 4.79 Å². The summed E-state index contributed by atoms with van der Waals surface area (Å²) in [5, 5.41) is 12.0. The van der Waals surface area contributed by atoms with Crippen LogP contribution in [0.5, 0.6) is 0 Å². The second kappa shape index (κ2) is 5.87. The minimum absolute atomic E-state index is 0. The number of aliphatic carboxylic acids is 1. The Balaban J connectivity index is 0.00000128. The maximum absolute atomic E-state index is 10.5. The molecule has 0 unspecified atom stereocenters. The molecule has 1 aromatic carbocycles. The second-order valence-electron chi connectivity index (χ2n) is 4.04.